The molecule has 0 spiro atoms. The van der Waals surface area contributed by atoms with E-state index in [0.29, 0.717) is 23.8 Å². The Bertz CT molecular complexity index is 600. The molecule has 0 aromatic heterocycles. The molecule has 3 fully saturated rings. The number of aliphatic hydroxyl groups excluding tert-OH is 2. The van der Waals surface area contributed by atoms with E-state index in [0.717, 1.165) is 23.3 Å². The lowest BCUT2D eigenvalue weighted by atomic mass is 9.60. The van der Waals surface area contributed by atoms with Gasteiger partial charge < -0.3 is 10.2 Å². The molecule has 0 heterocycles. The predicted molar refractivity (Wildman–Crippen MR) is 125 cm³/mol. The molecule has 0 amide bonds. The van der Waals surface area contributed by atoms with Crippen molar-refractivity contribution in [3.8, 4) is 0 Å². The highest BCUT2D eigenvalue weighted by molar-refractivity contribution is 5.29. The van der Waals surface area contributed by atoms with Gasteiger partial charge in [0, 0.05) is 0 Å². The summed E-state index contributed by atoms with van der Waals surface area (Å²) in [5, 5.41) is 20.2. The van der Waals surface area contributed by atoms with E-state index in [9.17, 15) is 10.2 Å². The Morgan fingerprint density at radius 3 is 2.48 bits per heavy atom. The zero-order chi connectivity index (χ0) is 20.3. The van der Waals surface area contributed by atoms with Crippen molar-refractivity contribution in [3.63, 3.8) is 0 Å². The Balaban J connectivity index is 0.00000300. The third-order valence-corrected chi connectivity index (χ3v) is 8.29. The summed E-state index contributed by atoms with van der Waals surface area (Å²) in [5.74, 6) is 2.44. The molecule has 0 aromatic rings. The lowest BCUT2D eigenvalue weighted by Gasteiger charge is -2.44. The van der Waals surface area contributed by atoms with Crippen LogP contribution < -0.4 is 0 Å². The number of rotatable bonds is 6. The minimum atomic E-state index is -0.593. The summed E-state index contributed by atoms with van der Waals surface area (Å²) in [6.07, 6.45) is 16.7. The molecule has 3 rings (SSSR count). The van der Waals surface area contributed by atoms with Crippen LogP contribution in [0.15, 0.2) is 35.5 Å². The minimum absolute atomic E-state index is 0. The van der Waals surface area contributed by atoms with Crippen molar-refractivity contribution in [1.82, 2.24) is 0 Å². The summed E-state index contributed by atoms with van der Waals surface area (Å²) < 4.78 is 0. The van der Waals surface area contributed by atoms with E-state index in [4.69, 9.17) is 0 Å². The van der Waals surface area contributed by atoms with E-state index in [1.54, 1.807) is 5.57 Å². The molecule has 6 atom stereocenters. The van der Waals surface area contributed by atoms with Crippen LogP contribution in [0, 0.1) is 23.2 Å². The zero-order valence-electron chi connectivity index (χ0n) is 18.4. The molecule has 0 aromatic carbocycles. The van der Waals surface area contributed by atoms with Crippen LogP contribution in [0.1, 0.15) is 98.8 Å². The van der Waals surface area contributed by atoms with Crippen LogP contribution in [0.4, 0.5) is 0 Å². The minimum Gasteiger partial charge on any atom is -0.388 e. The lowest BCUT2D eigenvalue weighted by Crippen LogP contribution is -2.36. The van der Waals surface area contributed by atoms with Crippen LogP contribution >= 0.6 is 0 Å². The number of hydrogen-bond donors (Lipinski definition) is 2. The molecule has 2 heteroatoms. The Hall–Kier alpha value is -0.860. The zero-order valence-corrected chi connectivity index (χ0v) is 18.4. The molecule has 3 aliphatic rings. The van der Waals surface area contributed by atoms with Gasteiger partial charge in [-0.1, -0.05) is 83.8 Å². The highest BCUT2D eigenvalue weighted by Crippen LogP contribution is 2.59. The van der Waals surface area contributed by atoms with Gasteiger partial charge >= 0.3 is 0 Å². The third kappa shape index (κ3) is 5.25. The summed E-state index contributed by atoms with van der Waals surface area (Å²) in [4.78, 5) is 0. The van der Waals surface area contributed by atoms with Crippen LogP contribution in [0.5, 0.6) is 0 Å². The van der Waals surface area contributed by atoms with E-state index >= 15 is 0 Å². The first-order valence-corrected chi connectivity index (χ1v) is 11.8. The average molecular weight is 403 g/mol. The Morgan fingerprint density at radius 2 is 1.83 bits per heavy atom. The average Bonchev–Trinajstić information content (AvgIpc) is 3.02. The summed E-state index contributed by atoms with van der Waals surface area (Å²) in [7, 11) is 0. The molecule has 166 valence electrons. The van der Waals surface area contributed by atoms with E-state index in [2.05, 4.69) is 39.5 Å². The quantitative estimate of drug-likeness (QED) is 0.371. The monoisotopic (exact) mass is 402 g/mol. The molecular weight excluding hydrogens is 356 g/mol. The molecule has 0 unspecified atom stereocenters. The first-order valence-electron chi connectivity index (χ1n) is 11.8. The molecule has 29 heavy (non-hydrogen) atoms. The van der Waals surface area contributed by atoms with Gasteiger partial charge in [-0.25, -0.2) is 0 Å². The van der Waals surface area contributed by atoms with Crippen LogP contribution in [0.3, 0.4) is 0 Å². The Kier molecular flexibility index (Phi) is 8.79. The van der Waals surface area contributed by atoms with Crippen molar-refractivity contribution in [1.29, 1.82) is 0 Å². The maximum absolute atomic E-state index is 10.1. The van der Waals surface area contributed by atoms with Gasteiger partial charge in [0.2, 0.25) is 0 Å². The number of unbranched alkanes of at least 4 members (excludes halogenated alkanes) is 2. The van der Waals surface area contributed by atoms with E-state index in [1.807, 2.05) is 0 Å². The van der Waals surface area contributed by atoms with Crippen LogP contribution in [-0.4, -0.2) is 22.4 Å². The standard InChI is InChI=1S/C26H42O2.CH4/c1-5-6-7-9-18(2)22-13-14-23-21(10-8-15-26(22,23)4)12-11-20-16-24(27)19(3)25(28)17-20;/h11-12,18,22-25,27-28H,3,5-10,13-17H2,1-2,4H3;1H4/b21-12+;/t18-,22+,23-,24+,25+,26+;/m0./s1. The molecule has 0 saturated heterocycles. The molecule has 0 aliphatic heterocycles. The molecular formula is C27H46O2. The molecule has 2 N–H and O–H groups in total. The summed E-state index contributed by atoms with van der Waals surface area (Å²) >= 11 is 0. The van der Waals surface area contributed by atoms with Crippen molar-refractivity contribution in [2.24, 2.45) is 23.2 Å². The predicted octanol–water partition coefficient (Wildman–Crippen LogP) is 6.98. The third-order valence-electron chi connectivity index (χ3n) is 8.29. The smallest absolute Gasteiger partial charge is 0.0809 e. The van der Waals surface area contributed by atoms with Crippen molar-refractivity contribution >= 4 is 0 Å². The van der Waals surface area contributed by atoms with Gasteiger partial charge in [0.25, 0.3) is 0 Å². The van der Waals surface area contributed by atoms with Gasteiger partial charge in [0.15, 0.2) is 0 Å². The van der Waals surface area contributed by atoms with Gasteiger partial charge in [0.1, 0.15) is 0 Å². The largest absolute Gasteiger partial charge is 0.388 e. The maximum Gasteiger partial charge on any atom is 0.0809 e. The first-order chi connectivity index (χ1) is 13.4. The van der Waals surface area contributed by atoms with Crippen LogP contribution in [0.2, 0.25) is 0 Å². The fourth-order valence-electron chi connectivity index (χ4n) is 6.56. The summed E-state index contributed by atoms with van der Waals surface area (Å²) in [6.45, 7) is 11.2. The first kappa shape index (κ1) is 24.4. The fraction of sp³-hybridized carbons (Fsp3) is 0.778. The topological polar surface area (TPSA) is 40.5 Å². The Labute approximate surface area is 180 Å². The second-order valence-electron chi connectivity index (χ2n) is 10.2. The highest BCUT2D eigenvalue weighted by atomic mass is 16.3. The summed E-state index contributed by atoms with van der Waals surface area (Å²) in [5.41, 5.74) is 3.83. The van der Waals surface area contributed by atoms with Gasteiger partial charge in [-0.05, 0) is 73.7 Å². The highest BCUT2D eigenvalue weighted by Gasteiger charge is 2.50. The molecule has 3 saturated carbocycles. The fourth-order valence-corrected chi connectivity index (χ4v) is 6.56. The molecule has 3 aliphatic carbocycles. The van der Waals surface area contributed by atoms with Crippen molar-refractivity contribution in [3.05, 3.63) is 35.5 Å². The number of aliphatic hydroxyl groups is 2. The van der Waals surface area contributed by atoms with Gasteiger partial charge in [-0.3, -0.25) is 0 Å². The number of fused-ring (bicyclic) bond motifs is 1. The van der Waals surface area contributed by atoms with Crippen LogP contribution in [0.25, 0.3) is 0 Å². The second-order valence-corrected chi connectivity index (χ2v) is 10.2. The molecule has 0 bridgehead atoms. The van der Waals surface area contributed by atoms with Crippen molar-refractivity contribution in [2.75, 3.05) is 0 Å². The van der Waals surface area contributed by atoms with Gasteiger partial charge in [-0.15, -0.1) is 0 Å². The Morgan fingerprint density at radius 1 is 1.14 bits per heavy atom. The van der Waals surface area contributed by atoms with Crippen LogP contribution in [-0.2, 0) is 0 Å². The number of allylic oxidation sites excluding steroid dienone is 3. The van der Waals surface area contributed by atoms with E-state index < -0.39 is 12.2 Å². The van der Waals surface area contributed by atoms with Gasteiger partial charge in [-0.2, -0.15) is 0 Å². The second kappa shape index (κ2) is 10.4. The molecule has 2 nitrogen and oxygen atoms in total. The lowest BCUT2D eigenvalue weighted by molar-refractivity contribution is 0.0932. The van der Waals surface area contributed by atoms with Crippen molar-refractivity contribution < 1.29 is 10.2 Å². The molecule has 0 radical (unpaired) electrons. The summed E-state index contributed by atoms with van der Waals surface area (Å²) in [6, 6.07) is 0. The van der Waals surface area contributed by atoms with E-state index in [1.165, 1.54) is 57.8 Å². The maximum atomic E-state index is 10.1. The number of hydrogen-bond acceptors (Lipinski definition) is 2. The SMILES string of the molecule is C.C=C1[C@H](O)CC(=C/C=C2\CCC[C@]3(C)[C@@H]([C@@H](C)CCCCC)CC[C@@H]23)C[C@H]1O. The van der Waals surface area contributed by atoms with Crippen molar-refractivity contribution in [2.45, 2.75) is 111 Å². The van der Waals surface area contributed by atoms with E-state index in [-0.39, 0.29) is 7.43 Å². The normalized spacial score (nSPS) is 37.2. The van der Waals surface area contributed by atoms with Gasteiger partial charge in [0.05, 0.1) is 12.2 Å².